The van der Waals surface area contributed by atoms with Gasteiger partial charge < -0.3 is 20.3 Å². The number of likely N-dealkylation sites (N-methyl/N-ethyl adjacent to an activating group) is 1. The maximum Gasteiger partial charge on any atom is 0.390 e. The molecule has 0 fully saturated rings. The molecule has 2 aromatic heterocycles. The fourth-order valence-corrected chi connectivity index (χ4v) is 3.09. The van der Waals surface area contributed by atoms with Gasteiger partial charge in [0.15, 0.2) is 17.7 Å². The molecule has 3 aromatic rings. The second kappa shape index (κ2) is 9.02. The van der Waals surface area contributed by atoms with E-state index in [1.807, 2.05) is 31.0 Å². The molecule has 0 aliphatic carbocycles. The maximum atomic E-state index is 11.4. The number of nitro groups is 1. The van der Waals surface area contributed by atoms with Gasteiger partial charge in [-0.3, -0.25) is 0 Å². The summed E-state index contributed by atoms with van der Waals surface area (Å²) in [4.78, 5) is 25.4. The summed E-state index contributed by atoms with van der Waals surface area (Å²) in [5.74, 6) is 0.885. The van der Waals surface area contributed by atoms with E-state index in [-0.39, 0.29) is 16.5 Å². The summed E-state index contributed by atoms with van der Waals surface area (Å²) in [6.07, 6.45) is 3.16. The van der Waals surface area contributed by atoms with Crippen LogP contribution in [0.2, 0.25) is 10.0 Å². The second-order valence-corrected chi connectivity index (χ2v) is 7.19. The minimum absolute atomic E-state index is 0.0918. The highest BCUT2D eigenvalue weighted by Gasteiger charge is 2.23. The van der Waals surface area contributed by atoms with Crippen LogP contribution in [0, 0.1) is 17.0 Å². The van der Waals surface area contributed by atoms with Crippen molar-refractivity contribution in [3.8, 4) is 11.3 Å². The standard InChI is InChI=1S/C19H18Cl2N6O2/c1-12-3-6-16(23-10-12)22-7-8-26(2)17-11-24-19(27(28)29)18(25-17)14-5-4-13(20)9-15(14)21/h3-6,9-11H,7-8H2,1-2H3,(H,22,23). The van der Waals surface area contributed by atoms with Gasteiger partial charge >= 0.3 is 5.82 Å². The summed E-state index contributed by atoms with van der Waals surface area (Å²) in [5, 5.41) is 15.3. The van der Waals surface area contributed by atoms with Gasteiger partial charge in [-0.25, -0.2) is 9.97 Å². The topological polar surface area (TPSA) is 97.1 Å². The number of pyridine rings is 1. The Morgan fingerprint density at radius 2 is 1.97 bits per heavy atom. The molecule has 0 spiro atoms. The molecule has 1 N–H and O–H groups in total. The lowest BCUT2D eigenvalue weighted by atomic mass is 10.1. The molecule has 0 bridgehead atoms. The minimum Gasteiger partial charge on any atom is -0.368 e. The summed E-state index contributed by atoms with van der Waals surface area (Å²) in [6.45, 7) is 3.15. The zero-order chi connectivity index (χ0) is 21.0. The highest BCUT2D eigenvalue weighted by molar-refractivity contribution is 6.36. The van der Waals surface area contributed by atoms with Gasteiger partial charge in [-0.2, -0.15) is 0 Å². The fraction of sp³-hybridized carbons (Fsp3) is 0.211. The Kier molecular flexibility index (Phi) is 6.46. The van der Waals surface area contributed by atoms with Gasteiger partial charge in [0.2, 0.25) is 0 Å². The SMILES string of the molecule is Cc1ccc(NCCN(C)c2cnc([N+](=O)[O-])c(-c3ccc(Cl)cc3Cl)n2)nc1. The van der Waals surface area contributed by atoms with Crippen molar-refractivity contribution in [3.63, 3.8) is 0 Å². The van der Waals surface area contributed by atoms with Crippen LogP contribution in [0.5, 0.6) is 0 Å². The maximum absolute atomic E-state index is 11.4. The van der Waals surface area contributed by atoms with Crippen molar-refractivity contribution >= 4 is 40.7 Å². The largest absolute Gasteiger partial charge is 0.390 e. The molecule has 0 aliphatic heterocycles. The van der Waals surface area contributed by atoms with Crippen LogP contribution in [0.15, 0.2) is 42.7 Å². The van der Waals surface area contributed by atoms with Gasteiger partial charge in [0.05, 0.1) is 5.02 Å². The highest BCUT2D eigenvalue weighted by Crippen LogP contribution is 2.34. The van der Waals surface area contributed by atoms with Crippen LogP contribution in [-0.2, 0) is 0 Å². The third-order valence-electron chi connectivity index (χ3n) is 4.16. The normalized spacial score (nSPS) is 10.6. The Balaban J connectivity index is 1.80. The molecule has 0 saturated heterocycles. The molecule has 0 radical (unpaired) electrons. The summed E-state index contributed by atoms with van der Waals surface area (Å²) in [7, 11) is 1.83. The van der Waals surface area contributed by atoms with E-state index in [0.717, 1.165) is 11.4 Å². The summed E-state index contributed by atoms with van der Waals surface area (Å²) in [5.41, 5.74) is 1.57. The predicted octanol–water partition coefficient (Wildman–Crippen LogP) is 4.61. The van der Waals surface area contributed by atoms with Crippen molar-refractivity contribution < 1.29 is 4.92 Å². The van der Waals surface area contributed by atoms with E-state index >= 15 is 0 Å². The second-order valence-electron chi connectivity index (χ2n) is 6.35. The molecule has 2 heterocycles. The van der Waals surface area contributed by atoms with Crippen LogP contribution in [0.25, 0.3) is 11.3 Å². The van der Waals surface area contributed by atoms with E-state index in [1.165, 1.54) is 12.3 Å². The first kappa shape index (κ1) is 20.8. The van der Waals surface area contributed by atoms with Crippen molar-refractivity contribution in [1.82, 2.24) is 15.0 Å². The van der Waals surface area contributed by atoms with Crippen molar-refractivity contribution in [1.29, 1.82) is 0 Å². The molecular formula is C19H18Cl2N6O2. The number of rotatable bonds is 7. The lowest BCUT2D eigenvalue weighted by Gasteiger charge is -2.18. The molecule has 10 heteroatoms. The first-order valence-electron chi connectivity index (χ1n) is 8.69. The Morgan fingerprint density at radius 3 is 2.62 bits per heavy atom. The highest BCUT2D eigenvalue weighted by atomic mass is 35.5. The van der Waals surface area contributed by atoms with Gasteiger partial charge in [0.1, 0.15) is 5.82 Å². The molecule has 29 heavy (non-hydrogen) atoms. The molecular weight excluding hydrogens is 415 g/mol. The first-order chi connectivity index (χ1) is 13.8. The molecule has 0 atom stereocenters. The van der Waals surface area contributed by atoms with E-state index in [1.54, 1.807) is 18.3 Å². The van der Waals surface area contributed by atoms with Gasteiger partial charge in [0, 0.05) is 36.9 Å². The number of nitrogens with zero attached hydrogens (tertiary/aromatic N) is 5. The Hall–Kier alpha value is -2.97. The van der Waals surface area contributed by atoms with Crippen LogP contribution in [0.4, 0.5) is 17.5 Å². The van der Waals surface area contributed by atoms with Gasteiger partial charge in [-0.15, -0.1) is 0 Å². The molecule has 0 amide bonds. The van der Waals surface area contributed by atoms with Crippen LogP contribution in [0.1, 0.15) is 5.56 Å². The number of aryl methyl sites for hydroxylation is 1. The zero-order valence-corrected chi connectivity index (χ0v) is 17.3. The molecule has 0 aliphatic rings. The number of anilines is 2. The number of halogens is 2. The Labute approximate surface area is 177 Å². The van der Waals surface area contributed by atoms with Crippen LogP contribution < -0.4 is 10.2 Å². The van der Waals surface area contributed by atoms with Crippen LogP contribution in [-0.4, -0.2) is 40.0 Å². The Morgan fingerprint density at radius 1 is 1.17 bits per heavy atom. The van der Waals surface area contributed by atoms with Crippen molar-refractivity contribution in [2.24, 2.45) is 0 Å². The molecule has 1 aromatic carbocycles. The predicted molar refractivity (Wildman–Crippen MR) is 115 cm³/mol. The van der Waals surface area contributed by atoms with E-state index in [9.17, 15) is 10.1 Å². The van der Waals surface area contributed by atoms with E-state index in [4.69, 9.17) is 23.2 Å². The number of aromatic nitrogens is 3. The summed E-state index contributed by atoms with van der Waals surface area (Å²) < 4.78 is 0. The number of benzene rings is 1. The summed E-state index contributed by atoms with van der Waals surface area (Å²) in [6, 6.07) is 8.59. The minimum atomic E-state index is -0.582. The summed E-state index contributed by atoms with van der Waals surface area (Å²) >= 11 is 12.2. The third kappa shape index (κ3) is 5.10. The van der Waals surface area contributed by atoms with Crippen LogP contribution in [0.3, 0.4) is 0 Å². The first-order valence-corrected chi connectivity index (χ1v) is 9.45. The average Bonchev–Trinajstić information content (AvgIpc) is 2.69. The van der Waals surface area contributed by atoms with E-state index < -0.39 is 4.92 Å². The number of hydrogen-bond donors (Lipinski definition) is 1. The number of nitrogens with one attached hydrogen (secondary N) is 1. The quantitative estimate of drug-likeness (QED) is 0.429. The van der Waals surface area contributed by atoms with Crippen molar-refractivity contribution in [3.05, 3.63) is 68.4 Å². The third-order valence-corrected chi connectivity index (χ3v) is 4.70. The molecule has 8 nitrogen and oxygen atoms in total. The monoisotopic (exact) mass is 432 g/mol. The smallest absolute Gasteiger partial charge is 0.368 e. The molecule has 150 valence electrons. The molecule has 0 saturated carbocycles. The molecule has 0 unspecified atom stereocenters. The lowest BCUT2D eigenvalue weighted by Crippen LogP contribution is -2.26. The van der Waals surface area contributed by atoms with Crippen molar-refractivity contribution in [2.75, 3.05) is 30.4 Å². The zero-order valence-electron chi connectivity index (χ0n) is 15.8. The van der Waals surface area contributed by atoms with Crippen molar-refractivity contribution in [2.45, 2.75) is 6.92 Å². The van der Waals surface area contributed by atoms with Gasteiger partial charge in [-0.1, -0.05) is 29.3 Å². The molecule has 3 rings (SSSR count). The average molecular weight is 433 g/mol. The lowest BCUT2D eigenvalue weighted by molar-refractivity contribution is -0.389. The Bertz CT molecular complexity index is 1030. The van der Waals surface area contributed by atoms with Gasteiger partial charge in [-0.05, 0) is 46.7 Å². The fourth-order valence-electron chi connectivity index (χ4n) is 2.59. The van der Waals surface area contributed by atoms with Crippen LogP contribution >= 0.6 is 23.2 Å². The number of hydrogen-bond acceptors (Lipinski definition) is 7. The van der Waals surface area contributed by atoms with E-state index in [2.05, 4.69) is 20.3 Å². The van der Waals surface area contributed by atoms with E-state index in [0.29, 0.717) is 29.5 Å². The van der Waals surface area contributed by atoms with Gasteiger partial charge in [0.25, 0.3) is 0 Å².